The van der Waals surface area contributed by atoms with Crippen molar-refractivity contribution in [3.63, 3.8) is 0 Å². The second kappa shape index (κ2) is 5.77. The Bertz CT molecular complexity index is 286. The third-order valence-electron chi connectivity index (χ3n) is 5.96. The topological polar surface area (TPSA) is 26.0 Å². The summed E-state index contributed by atoms with van der Waals surface area (Å²) in [5.74, 6) is 2.78. The normalized spacial score (nSPS) is 41.6. The molecule has 1 heteroatoms. The monoisotopic (exact) mass is 249 g/mol. The van der Waals surface area contributed by atoms with Crippen LogP contribution >= 0.6 is 0 Å². The van der Waals surface area contributed by atoms with Crippen LogP contribution in [-0.2, 0) is 0 Å². The van der Waals surface area contributed by atoms with Crippen LogP contribution in [0, 0.1) is 23.2 Å². The Labute approximate surface area is 113 Å². The number of hydrogen-bond acceptors (Lipinski definition) is 1. The predicted octanol–water partition coefficient (Wildman–Crippen LogP) is 4.52. The van der Waals surface area contributed by atoms with E-state index >= 15 is 0 Å². The first kappa shape index (κ1) is 14.1. The van der Waals surface area contributed by atoms with E-state index in [4.69, 9.17) is 5.73 Å². The molecule has 2 atom stereocenters. The summed E-state index contributed by atoms with van der Waals surface area (Å²) < 4.78 is 0. The lowest BCUT2D eigenvalue weighted by Crippen LogP contribution is -2.45. The molecule has 2 saturated carbocycles. The minimum atomic E-state index is 0.365. The Morgan fingerprint density at radius 3 is 2.22 bits per heavy atom. The molecular formula is C17H31N. The summed E-state index contributed by atoms with van der Waals surface area (Å²) >= 11 is 0. The maximum Gasteiger partial charge on any atom is 0.0139 e. The molecule has 2 aliphatic rings. The first-order valence-corrected chi connectivity index (χ1v) is 7.96. The van der Waals surface area contributed by atoms with Crippen LogP contribution in [0.2, 0.25) is 0 Å². The van der Waals surface area contributed by atoms with E-state index in [9.17, 15) is 0 Å². The largest absolute Gasteiger partial charge is 0.327 e. The fourth-order valence-corrected chi connectivity index (χ4v) is 4.32. The Balaban J connectivity index is 1.96. The van der Waals surface area contributed by atoms with Gasteiger partial charge in [0.1, 0.15) is 0 Å². The molecule has 0 aromatic heterocycles. The molecular weight excluding hydrogens is 218 g/mol. The highest BCUT2D eigenvalue weighted by atomic mass is 14.6. The van der Waals surface area contributed by atoms with Gasteiger partial charge < -0.3 is 5.73 Å². The van der Waals surface area contributed by atoms with Crippen LogP contribution in [0.15, 0.2) is 12.2 Å². The van der Waals surface area contributed by atoms with Gasteiger partial charge in [0.15, 0.2) is 0 Å². The van der Waals surface area contributed by atoms with Gasteiger partial charge in [0.05, 0.1) is 0 Å². The number of rotatable bonds is 3. The van der Waals surface area contributed by atoms with Crippen LogP contribution in [-0.4, -0.2) is 6.54 Å². The zero-order chi connectivity index (χ0) is 13.2. The number of nitrogens with two attached hydrogens (primary N) is 1. The van der Waals surface area contributed by atoms with Crippen molar-refractivity contribution in [3.8, 4) is 0 Å². The van der Waals surface area contributed by atoms with E-state index < -0.39 is 0 Å². The van der Waals surface area contributed by atoms with Gasteiger partial charge in [-0.15, -0.1) is 0 Å². The summed E-state index contributed by atoms with van der Waals surface area (Å²) in [4.78, 5) is 0. The molecule has 0 aliphatic heterocycles. The van der Waals surface area contributed by atoms with Crippen molar-refractivity contribution >= 4 is 0 Å². The standard InChI is InChI=1S/C17H31N/c1-13-6-4-8-15(9-5-7-13)16-10-11-17(16,3)14(2)12-18/h13,15-16H,2,4-12,18H2,1,3H3/t13?,15?,16?,17-/m0/s1. The Morgan fingerprint density at radius 2 is 1.78 bits per heavy atom. The first-order chi connectivity index (χ1) is 8.58. The summed E-state index contributed by atoms with van der Waals surface area (Å²) in [6, 6.07) is 0. The Hall–Kier alpha value is -0.300. The fourth-order valence-electron chi connectivity index (χ4n) is 4.32. The van der Waals surface area contributed by atoms with Crippen LogP contribution < -0.4 is 5.73 Å². The van der Waals surface area contributed by atoms with Crippen LogP contribution in [0.4, 0.5) is 0 Å². The molecule has 0 aromatic carbocycles. The van der Waals surface area contributed by atoms with Gasteiger partial charge in [0, 0.05) is 6.54 Å². The van der Waals surface area contributed by atoms with Crippen molar-refractivity contribution in [1.29, 1.82) is 0 Å². The molecule has 18 heavy (non-hydrogen) atoms. The van der Waals surface area contributed by atoms with Crippen molar-refractivity contribution in [3.05, 3.63) is 12.2 Å². The zero-order valence-corrected chi connectivity index (χ0v) is 12.4. The summed E-state index contributed by atoms with van der Waals surface area (Å²) in [6.45, 7) is 9.75. The average Bonchev–Trinajstić information content (AvgIpc) is 2.32. The van der Waals surface area contributed by atoms with Crippen LogP contribution in [0.1, 0.15) is 65.2 Å². The van der Waals surface area contributed by atoms with Crippen molar-refractivity contribution in [1.82, 2.24) is 0 Å². The lowest BCUT2D eigenvalue weighted by atomic mass is 9.52. The summed E-state index contributed by atoms with van der Waals surface area (Å²) in [7, 11) is 0. The highest BCUT2D eigenvalue weighted by Gasteiger charge is 2.47. The molecule has 1 unspecified atom stereocenters. The molecule has 0 aromatic rings. The predicted molar refractivity (Wildman–Crippen MR) is 79.4 cm³/mol. The van der Waals surface area contributed by atoms with Gasteiger partial charge in [-0.2, -0.15) is 0 Å². The lowest BCUT2D eigenvalue weighted by molar-refractivity contribution is 0.0227. The van der Waals surface area contributed by atoms with Gasteiger partial charge in [-0.3, -0.25) is 0 Å². The van der Waals surface area contributed by atoms with Gasteiger partial charge in [-0.05, 0) is 36.0 Å². The molecule has 0 saturated heterocycles. The van der Waals surface area contributed by atoms with Gasteiger partial charge in [0.25, 0.3) is 0 Å². The van der Waals surface area contributed by atoms with E-state index in [0.29, 0.717) is 12.0 Å². The second-order valence-corrected chi connectivity index (χ2v) is 7.10. The van der Waals surface area contributed by atoms with Crippen LogP contribution in [0.5, 0.6) is 0 Å². The van der Waals surface area contributed by atoms with Crippen molar-refractivity contribution in [2.45, 2.75) is 65.2 Å². The Kier molecular flexibility index (Phi) is 4.53. The van der Waals surface area contributed by atoms with Crippen LogP contribution in [0.3, 0.4) is 0 Å². The smallest absolute Gasteiger partial charge is 0.0139 e. The number of hydrogen-bond donors (Lipinski definition) is 1. The van der Waals surface area contributed by atoms with Crippen molar-refractivity contribution in [2.24, 2.45) is 28.9 Å². The van der Waals surface area contributed by atoms with E-state index in [2.05, 4.69) is 20.4 Å². The third-order valence-corrected chi connectivity index (χ3v) is 5.96. The molecule has 0 bridgehead atoms. The minimum absolute atomic E-state index is 0.365. The minimum Gasteiger partial charge on any atom is -0.327 e. The molecule has 2 aliphatic carbocycles. The zero-order valence-electron chi connectivity index (χ0n) is 12.4. The molecule has 2 N–H and O–H groups in total. The summed E-state index contributed by atoms with van der Waals surface area (Å²) in [6.07, 6.45) is 11.4. The van der Waals surface area contributed by atoms with E-state index in [0.717, 1.165) is 17.8 Å². The van der Waals surface area contributed by atoms with Gasteiger partial charge in [-0.1, -0.05) is 64.5 Å². The SMILES string of the molecule is C=C(CN)[C@]1(C)CCC1C1CCCC(C)CCC1. The highest BCUT2D eigenvalue weighted by molar-refractivity contribution is 5.17. The lowest BCUT2D eigenvalue weighted by Gasteiger charge is -2.53. The molecule has 0 radical (unpaired) electrons. The molecule has 0 heterocycles. The summed E-state index contributed by atoms with van der Waals surface area (Å²) in [5.41, 5.74) is 7.50. The summed E-state index contributed by atoms with van der Waals surface area (Å²) in [5, 5.41) is 0. The Morgan fingerprint density at radius 1 is 1.17 bits per heavy atom. The van der Waals surface area contributed by atoms with Gasteiger partial charge in [-0.25, -0.2) is 0 Å². The highest BCUT2D eigenvalue weighted by Crippen LogP contribution is 2.56. The molecule has 1 nitrogen and oxygen atoms in total. The molecule has 2 fully saturated rings. The van der Waals surface area contributed by atoms with Crippen molar-refractivity contribution < 1.29 is 0 Å². The quantitative estimate of drug-likeness (QED) is 0.731. The maximum atomic E-state index is 5.83. The first-order valence-electron chi connectivity index (χ1n) is 7.96. The van der Waals surface area contributed by atoms with Crippen LogP contribution in [0.25, 0.3) is 0 Å². The average molecular weight is 249 g/mol. The van der Waals surface area contributed by atoms with E-state index in [1.54, 1.807) is 0 Å². The fraction of sp³-hybridized carbons (Fsp3) is 0.882. The maximum absolute atomic E-state index is 5.83. The second-order valence-electron chi connectivity index (χ2n) is 7.10. The van der Waals surface area contributed by atoms with E-state index in [1.807, 2.05) is 0 Å². The van der Waals surface area contributed by atoms with E-state index in [-0.39, 0.29) is 0 Å². The van der Waals surface area contributed by atoms with Crippen molar-refractivity contribution in [2.75, 3.05) is 6.54 Å². The molecule has 0 amide bonds. The van der Waals surface area contributed by atoms with Gasteiger partial charge in [0.2, 0.25) is 0 Å². The van der Waals surface area contributed by atoms with E-state index in [1.165, 1.54) is 56.9 Å². The molecule has 104 valence electrons. The molecule has 0 spiro atoms. The van der Waals surface area contributed by atoms with Gasteiger partial charge >= 0.3 is 0 Å². The third kappa shape index (κ3) is 2.66. The molecule has 2 rings (SSSR count).